The molecule has 1 aromatic rings. The van der Waals surface area contributed by atoms with Crippen molar-refractivity contribution < 1.29 is 9.53 Å². The Morgan fingerprint density at radius 2 is 1.26 bits per heavy atom. The SMILES string of the molecule is CCCCCCCCCCCCCCCCCC(=O)Oc1cccc(N)c1. The van der Waals surface area contributed by atoms with E-state index in [0.717, 1.165) is 12.8 Å². The normalized spacial score (nSPS) is 10.9. The quantitative estimate of drug-likeness (QED) is 0.133. The molecular weight excluding hydrogens is 334 g/mol. The lowest BCUT2D eigenvalue weighted by Gasteiger charge is -2.05. The van der Waals surface area contributed by atoms with Crippen molar-refractivity contribution in [2.45, 2.75) is 110 Å². The molecule has 0 radical (unpaired) electrons. The lowest BCUT2D eigenvalue weighted by atomic mass is 10.0. The average Bonchev–Trinajstić information content (AvgIpc) is 2.65. The van der Waals surface area contributed by atoms with E-state index in [-0.39, 0.29) is 5.97 Å². The van der Waals surface area contributed by atoms with E-state index in [1.807, 2.05) is 0 Å². The molecule has 0 heterocycles. The van der Waals surface area contributed by atoms with Gasteiger partial charge in [0, 0.05) is 18.2 Å². The molecule has 0 aliphatic carbocycles. The number of carbonyl (C=O) groups is 1. The van der Waals surface area contributed by atoms with Gasteiger partial charge in [-0.05, 0) is 18.6 Å². The molecule has 3 nitrogen and oxygen atoms in total. The number of nitrogen functional groups attached to an aromatic ring is 1. The monoisotopic (exact) mass is 375 g/mol. The molecule has 0 fully saturated rings. The van der Waals surface area contributed by atoms with Gasteiger partial charge in [-0.1, -0.05) is 103 Å². The van der Waals surface area contributed by atoms with Gasteiger partial charge in [0.05, 0.1) is 0 Å². The number of benzene rings is 1. The van der Waals surface area contributed by atoms with Crippen molar-refractivity contribution in [1.82, 2.24) is 0 Å². The van der Waals surface area contributed by atoms with Crippen LogP contribution < -0.4 is 10.5 Å². The van der Waals surface area contributed by atoms with Gasteiger partial charge < -0.3 is 10.5 Å². The second kappa shape index (κ2) is 16.6. The van der Waals surface area contributed by atoms with E-state index in [9.17, 15) is 4.79 Å². The zero-order chi connectivity index (χ0) is 19.6. The molecule has 0 saturated carbocycles. The third-order valence-corrected chi connectivity index (χ3v) is 5.07. The van der Waals surface area contributed by atoms with Gasteiger partial charge in [-0.2, -0.15) is 0 Å². The Labute approximate surface area is 167 Å². The highest BCUT2D eigenvalue weighted by atomic mass is 16.5. The Hall–Kier alpha value is -1.51. The third-order valence-electron chi connectivity index (χ3n) is 5.07. The van der Waals surface area contributed by atoms with Crippen LogP contribution in [-0.2, 0) is 4.79 Å². The van der Waals surface area contributed by atoms with Gasteiger partial charge in [-0.15, -0.1) is 0 Å². The summed E-state index contributed by atoms with van der Waals surface area (Å²) in [5.41, 5.74) is 6.30. The first kappa shape index (κ1) is 23.5. The minimum Gasteiger partial charge on any atom is -0.426 e. The van der Waals surface area contributed by atoms with Crippen molar-refractivity contribution in [2.24, 2.45) is 0 Å². The van der Waals surface area contributed by atoms with Crippen LogP contribution in [0.5, 0.6) is 5.75 Å². The van der Waals surface area contributed by atoms with E-state index in [0.29, 0.717) is 17.9 Å². The molecule has 0 aliphatic heterocycles. The molecular formula is C24H41NO2. The minimum atomic E-state index is -0.157. The largest absolute Gasteiger partial charge is 0.426 e. The lowest BCUT2D eigenvalue weighted by molar-refractivity contribution is -0.134. The van der Waals surface area contributed by atoms with Crippen LogP contribution in [0.4, 0.5) is 5.69 Å². The standard InChI is InChI=1S/C24H41NO2/c1-2-3-4-5-6-7-8-9-10-11-12-13-14-15-16-20-24(26)27-23-19-17-18-22(25)21-23/h17-19,21H,2-16,20,25H2,1H3. The average molecular weight is 376 g/mol. The van der Waals surface area contributed by atoms with E-state index < -0.39 is 0 Å². The molecule has 1 rings (SSSR count). The summed E-state index contributed by atoms with van der Waals surface area (Å²) in [4.78, 5) is 11.8. The molecule has 0 spiro atoms. The molecule has 0 unspecified atom stereocenters. The van der Waals surface area contributed by atoms with Gasteiger partial charge in [0.25, 0.3) is 0 Å². The van der Waals surface area contributed by atoms with Crippen LogP contribution in [0.3, 0.4) is 0 Å². The Kier molecular flexibility index (Phi) is 14.5. The van der Waals surface area contributed by atoms with E-state index in [2.05, 4.69) is 6.92 Å². The number of nitrogens with two attached hydrogens (primary N) is 1. The molecule has 0 amide bonds. The summed E-state index contributed by atoms with van der Waals surface area (Å²) >= 11 is 0. The molecule has 0 atom stereocenters. The molecule has 0 aliphatic rings. The van der Waals surface area contributed by atoms with Gasteiger partial charge in [0.1, 0.15) is 5.75 Å². The maximum atomic E-state index is 11.8. The molecule has 0 saturated heterocycles. The van der Waals surface area contributed by atoms with Crippen LogP contribution >= 0.6 is 0 Å². The summed E-state index contributed by atoms with van der Waals surface area (Å²) in [6.45, 7) is 2.27. The van der Waals surface area contributed by atoms with Crippen LogP contribution in [0, 0.1) is 0 Å². The lowest BCUT2D eigenvalue weighted by Crippen LogP contribution is -2.07. The molecule has 27 heavy (non-hydrogen) atoms. The van der Waals surface area contributed by atoms with Gasteiger partial charge in [0.15, 0.2) is 0 Å². The summed E-state index contributed by atoms with van der Waals surface area (Å²) in [7, 11) is 0. The second-order valence-corrected chi connectivity index (χ2v) is 7.75. The summed E-state index contributed by atoms with van der Waals surface area (Å²) in [5.74, 6) is 0.385. The Balaban J connectivity index is 1.82. The molecule has 2 N–H and O–H groups in total. The molecule has 0 bridgehead atoms. The molecule has 154 valence electrons. The van der Waals surface area contributed by atoms with Gasteiger partial charge in [-0.25, -0.2) is 0 Å². The maximum Gasteiger partial charge on any atom is 0.311 e. The van der Waals surface area contributed by atoms with Crippen molar-refractivity contribution in [3.8, 4) is 5.75 Å². The van der Waals surface area contributed by atoms with E-state index in [1.54, 1.807) is 24.3 Å². The summed E-state index contributed by atoms with van der Waals surface area (Å²) < 4.78 is 5.30. The molecule has 1 aromatic carbocycles. The topological polar surface area (TPSA) is 52.3 Å². The van der Waals surface area contributed by atoms with Crippen LogP contribution in [0.15, 0.2) is 24.3 Å². The fourth-order valence-corrected chi connectivity index (χ4v) is 3.40. The fraction of sp³-hybridized carbons (Fsp3) is 0.708. The van der Waals surface area contributed by atoms with Crippen molar-refractivity contribution in [3.05, 3.63) is 24.3 Å². The van der Waals surface area contributed by atoms with Crippen LogP contribution in [0.2, 0.25) is 0 Å². The van der Waals surface area contributed by atoms with E-state index in [4.69, 9.17) is 10.5 Å². The number of esters is 1. The smallest absolute Gasteiger partial charge is 0.311 e. The highest BCUT2D eigenvalue weighted by Gasteiger charge is 2.04. The highest BCUT2D eigenvalue weighted by molar-refractivity contribution is 5.72. The zero-order valence-corrected chi connectivity index (χ0v) is 17.5. The fourth-order valence-electron chi connectivity index (χ4n) is 3.40. The van der Waals surface area contributed by atoms with Crippen LogP contribution in [0.1, 0.15) is 110 Å². The number of unbranched alkanes of at least 4 members (excludes halogenated alkanes) is 14. The van der Waals surface area contributed by atoms with Crippen LogP contribution in [-0.4, -0.2) is 5.97 Å². The molecule has 3 heteroatoms. The summed E-state index contributed by atoms with van der Waals surface area (Å²) in [5, 5.41) is 0. The van der Waals surface area contributed by atoms with Crippen molar-refractivity contribution in [3.63, 3.8) is 0 Å². The first-order chi connectivity index (χ1) is 13.2. The number of rotatable bonds is 17. The van der Waals surface area contributed by atoms with E-state index >= 15 is 0 Å². The maximum absolute atomic E-state index is 11.8. The Morgan fingerprint density at radius 1 is 0.778 bits per heavy atom. The van der Waals surface area contributed by atoms with Gasteiger partial charge >= 0.3 is 5.97 Å². The number of anilines is 1. The number of ether oxygens (including phenoxy) is 1. The van der Waals surface area contributed by atoms with Gasteiger partial charge in [-0.3, -0.25) is 4.79 Å². The highest BCUT2D eigenvalue weighted by Crippen LogP contribution is 2.16. The van der Waals surface area contributed by atoms with Crippen LogP contribution in [0.25, 0.3) is 0 Å². The zero-order valence-electron chi connectivity index (χ0n) is 17.5. The van der Waals surface area contributed by atoms with Crippen molar-refractivity contribution in [2.75, 3.05) is 5.73 Å². The summed E-state index contributed by atoms with van der Waals surface area (Å²) in [6.07, 6.45) is 20.4. The first-order valence-electron chi connectivity index (χ1n) is 11.3. The third kappa shape index (κ3) is 14.2. The van der Waals surface area contributed by atoms with Gasteiger partial charge in [0.2, 0.25) is 0 Å². The first-order valence-corrected chi connectivity index (χ1v) is 11.3. The van der Waals surface area contributed by atoms with Crippen molar-refractivity contribution >= 4 is 11.7 Å². The Morgan fingerprint density at radius 3 is 1.74 bits per heavy atom. The number of carbonyl (C=O) groups excluding carboxylic acids is 1. The predicted molar refractivity (Wildman–Crippen MR) is 116 cm³/mol. The molecule has 0 aromatic heterocycles. The van der Waals surface area contributed by atoms with Crippen molar-refractivity contribution in [1.29, 1.82) is 0 Å². The minimum absolute atomic E-state index is 0.157. The number of hydrogen-bond donors (Lipinski definition) is 1. The Bertz CT molecular complexity index is 487. The second-order valence-electron chi connectivity index (χ2n) is 7.75. The van der Waals surface area contributed by atoms with E-state index in [1.165, 1.54) is 83.5 Å². The summed E-state index contributed by atoms with van der Waals surface area (Å²) in [6, 6.07) is 7.03. The predicted octanol–water partition coefficient (Wildman–Crippen LogP) is 7.44. The number of hydrogen-bond acceptors (Lipinski definition) is 3.